The van der Waals surface area contributed by atoms with Gasteiger partial charge in [-0.2, -0.15) is 18.2 Å². The minimum Gasteiger partial charge on any atom is -0.340 e. The predicted octanol–water partition coefficient (Wildman–Crippen LogP) is 6.15. The van der Waals surface area contributed by atoms with Gasteiger partial charge < -0.3 is 10.6 Å². The molecule has 8 heteroatoms. The van der Waals surface area contributed by atoms with Crippen LogP contribution >= 0.6 is 22.6 Å². The molecule has 0 fully saturated rings. The van der Waals surface area contributed by atoms with Crippen molar-refractivity contribution in [1.82, 2.24) is 9.97 Å². The topological polar surface area (TPSA) is 49.8 Å². The minimum atomic E-state index is -4.56. The zero-order valence-corrected chi connectivity index (χ0v) is 16.5. The number of benzene rings is 2. The third-order valence-corrected chi connectivity index (χ3v) is 4.51. The smallest absolute Gasteiger partial charge is 0.340 e. The fraction of sp³-hybridized carbons (Fsp3) is 0.158. The maximum atomic E-state index is 13.4. The van der Waals surface area contributed by atoms with Gasteiger partial charge in [0.2, 0.25) is 5.95 Å². The monoisotopic (exact) mass is 484 g/mol. The molecule has 0 aliphatic heterocycles. The standard InChI is InChI=1S/C19H16F3IN4/c1-2-12-4-3-5-15(10-12)25-17-16(19(20,21)22)11-24-18(27-17)26-14-8-6-13(23)7-9-14/h3-11H,2H2,1H3,(H2,24,25,26,27). The van der Waals surface area contributed by atoms with Crippen LogP contribution in [-0.4, -0.2) is 9.97 Å². The highest BCUT2D eigenvalue weighted by atomic mass is 127. The van der Waals surface area contributed by atoms with Crippen LogP contribution in [0.1, 0.15) is 18.1 Å². The summed E-state index contributed by atoms with van der Waals surface area (Å²) in [5.74, 6) is -0.211. The number of hydrogen-bond donors (Lipinski definition) is 2. The van der Waals surface area contributed by atoms with Gasteiger partial charge in [0, 0.05) is 21.1 Å². The molecule has 1 heterocycles. The summed E-state index contributed by atoms with van der Waals surface area (Å²) < 4.78 is 41.1. The van der Waals surface area contributed by atoms with Gasteiger partial charge in [-0.3, -0.25) is 0 Å². The van der Waals surface area contributed by atoms with E-state index in [-0.39, 0.29) is 11.8 Å². The van der Waals surface area contributed by atoms with Crippen LogP contribution in [0, 0.1) is 3.57 Å². The Balaban J connectivity index is 1.94. The highest BCUT2D eigenvalue weighted by Gasteiger charge is 2.35. The van der Waals surface area contributed by atoms with Crippen molar-refractivity contribution in [3.63, 3.8) is 0 Å². The SMILES string of the molecule is CCc1cccc(Nc2nc(Nc3ccc(I)cc3)ncc2C(F)(F)F)c1. The maximum absolute atomic E-state index is 13.4. The molecular weight excluding hydrogens is 468 g/mol. The zero-order chi connectivity index (χ0) is 19.4. The first-order valence-electron chi connectivity index (χ1n) is 8.18. The second kappa shape index (κ2) is 8.12. The van der Waals surface area contributed by atoms with Gasteiger partial charge in [-0.25, -0.2) is 4.98 Å². The lowest BCUT2D eigenvalue weighted by Gasteiger charge is -2.15. The van der Waals surface area contributed by atoms with Crippen LogP contribution in [0.2, 0.25) is 0 Å². The van der Waals surface area contributed by atoms with Gasteiger partial charge in [0.05, 0.1) is 0 Å². The number of aryl methyl sites for hydroxylation is 1. The van der Waals surface area contributed by atoms with Crippen LogP contribution in [-0.2, 0) is 12.6 Å². The van der Waals surface area contributed by atoms with E-state index in [0.29, 0.717) is 11.4 Å². The average molecular weight is 484 g/mol. The van der Waals surface area contributed by atoms with Crippen LogP contribution < -0.4 is 10.6 Å². The average Bonchev–Trinajstić information content (AvgIpc) is 2.63. The Hall–Kier alpha value is -2.36. The molecule has 2 N–H and O–H groups in total. The molecule has 0 bridgehead atoms. The molecule has 0 aliphatic carbocycles. The van der Waals surface area contributed by atoms with E-state index in [1.165, 1.54) is 0 Å². The number of rotatable bonds is 5. The fourth-order valence-electron chi connectivity index (χ4n) is 2.41. The number of halogens is 4. The summed E-state index contributed by atoms with van der Waals surface area (Å²) in [5.41, 5.74) is 1.32. The van der Waals surface area contributed by atoms with Crippen molar-refractivity contribution in [3.05, 3.63) is 69.4 Å². The van der Waals surface area contributed by atoms with Crippen molar-refractivity contribution in [3.8, 4) is 0 Å². The Labute approximate surface area is 168 Å². The zero-order valence-electron chi connectivity index (χ0n) is 14.3. The highest BCUT2D eigenvalue weighted by molar-refractivity contribution is 14.1. The van der Waals surface area contributed by atoms with E-state index in [1.807, 2.05) is 25.1 Å². The lowest BCUT2D eigenvalue weighted by Crippen LogP contribution is -2.12. The lowest BCUT2D eigenvalue weighted by molar-refractivity contribution is -0.137. The molecule has 0 aliphatic rings. The van der Waals surface area contributed by atoms with Crippen LogP contribution in [0.3, 0.4) is 0 Å². The molecule has 0 amide bonds. The normalized spacial score (nSPS) is 11.3. The number of nitrogens with zero attached hydrogens (tertiary/aromatic N) is 2. The number of hydrogen-bond acceptors (Lipinski definition) is 4. The first-order valence-corrected chi connectivity index (χ1v) is 9.26. The Kier molecular flexibility index (Phi) is 5.83. The van der Waals surface area contributed by atoms with Crippen molar-refractivity contribution in [2.24, 2.45) is 0 Å². The Morgan fingerprint density at radius 1 is 1.00 bits per heavy atom. The van der Waals surface area contributed by atoms with Gasteiger partial charge in [-0.05, 0) is 71.0 Å². The summed E-state index contributed by atoms with van der Waals surface area (Å²) in [6.07, 6.45) is -2.99. The molecule has 3 aromatic rings. The number of anilines is 4. The second-order valence-electron chi connectivity index (χ2n) is 5.76. The van der Waals surface area contributed by atoms with Crippen molar-refractivity contribution >= 4 is 45.7 Å². The minimum absolute atomic E-state index is 0.0818. The van der Waals surface area contributed by atoms with Gasteiger partial charge in [0.15, 0.2) is 0 Å². The molecule has 0 saturated carbocycles. The van der Waals surface area contributed by atoms with E-state index in [4.69, 9.17) is 0 Å². The summed E-state index contributed by atoms with van der Waals surface area (Å²) in [7, 11) is 0. The molecule has 0 radical (unpaired) electrons. The van der Waals surface area contributed by atoms with Gasteiger partial charge in [0.1, 0.15) is 11.4 Å². The summed E-state index contributed by atoms with van der Waals surface area (Å²) >= 11 is 2.17. The lowest BCUT2D eigenvalue weighted by atomic mass is 10.1. The first-order chi connectivity index (χ1) is 12.8. The van der Waals surface area contributed by atoms with Crippen LogP contribution in [0.15, 0.2) is 54.7 Å². The Morgan fingerprint density at radius 2 is 1.74 bits per heavy atom. The van der Waals surface area contributed by atoms with E-state index >= 15 is 0 Å². The second-order valence-corrected chi connectivity index (χ2v) is 7.01. The summed E-state index contributed by atoms with van der Waals surface area (Å²) in [5, 5.41) is 5.70. The summed E-state index contributed by atoms with van der Waals surface area (Å²) in [6, 6.07) is 14.6. The van der Waals surface area contributed by atoms with Gasteiger partial charge in [-0.1, -0.05) is 19.1 Å². The molecule has 0 unspecified atom stereocenters. The number of nitrogens with one attached hydrogen (secondary N) is 2. The van der Waals surface area contributed by atoms with E-state index in [0.717, 1.165) is 21.8 Å². The van der Waals surface area contributed by atoms with Crippen LogP contribution in [0.5, 0.6) is 0 Å². The van der Waals surface area contributed by atoms with Gasteiger partial charge >= 0.3 is 6.18 Å². The van der Waals surface area contributed by atoms with E-state index in [9.17, 15) is 13.2 Å². The molecule has 4 nitrogen and oxygen atoms in total. The van der Waals surface area contributed by atoms with Crippen molar-refractivity contribution in [1.29, 1.82) is 0 Å². The third kappa shape index (κ3) is 5.09. The predicted molar refractivity (Wildman–Crippen MR) is 109 cm³/mol. The van der Waals surface area contributed by atoms with Crippen LogP contribution in [0.25, 0.3) is 0 Å². The Morgan fingerprint density at radius 3 is 2.41 bits per heavy atom. The summed E-state index contributed by atoms with van der Waals surface area (Å²) in [4.78, 5) is 7.87. The third-order valence-electron chi connectivity index (χ3n) is 3.79. The maximum Gasteiger partial charge on any atom is 0.421 e. The molecule has 140 valence electrons. The molecular formula is C19H16F3IN4. The fourth-order valence-corrected chi connectivity index (χ4v) is 2.77. The highest BCUT2D eigenvalue weighted by Crippen LogP contribution is 2.35. The van der Waals surface area contributed by atoms with Crippen LogP contribution in [0.4, 0.5) is 36.3 Å². The van der Waals surface area contributed by atoms with Crippen molar-refractivity contribution < 1.29 is 13.2 Å². The molecule has 3 rings (SSSR count). The molecule has 2 aromatic carbocycles. The first kappa shape index (κ1) is 19.4. The molecule has 1 aromatic heterocycles. The van der Waals surface area contributed by atoms with E-state index in [1.54, 1.807) is 30.3 Å². The van der Waals surface area contributed by atoms with E-state index < -0.39 is 11.7 Å². The largest absolute Gasteiger partial charge is 0.421 e. The summed E-state index contributed by atoms with van der Waals surface area (Å²) in [6.45, 7) is 1.98. The number of alkyl halides is 3. The van der Waals surface area contributed by atoms with Crippen molar-refractivity contribution in [2.75, 3.05) is 10.6 Å². The van der Waals surface area contributed by atoms with Gasteiger partial charge in [0.25, 0.3) is 0 Å². The molecule has 0 saturated heterocycles. The van der Waals surface area contributed by atoms with Gasteiger partial charge in [-0.15, -0.1) is 0 Å². The Bertz CT molecular complexity index is 927. The molecule has 0 spiro atoms. The number of aromatic nitrogens is 2. The quantitative estimate of drug-likeness (QED) is 0.427. The van der Waals surface area contributed by atoms with E-state index in [2.05, 4.69) is 43.2 Å². The van der Waals surface area contributed by atoms with Crippen molar-refractivity contribution in [2.45, 2.75) is 19.5 Å². The molecule has 27 heavy (non-hydrogen) atoms. The molecule has 0 atom stereocenters.